The molecule has 2 heterocycles. The summed E-state index contributed by atoms with van der Waals surface area (Å²) in [6, 6.07) is 6.23. The van der Waals surface area contributed by atoms with E-state index in [-0.39, 0.29) is 17.0 Å². The van der Waals surface area contributed by atoms with Crippen LogP contribution in [0, 0.1) is 0 Å². The average Bonchev–Trinajstić information content (AvgIpc) is 2.64. The van der Waals surface area contributed by atoms with Crippen molar-refractivity contribution in [3.63, 3.8) is 0 Å². The largest absolute Gasteiger partial charge is 0.486 e. The molecular formula is C18H21BrN2O5S. The van der Waals surface area contributed by atoms with Crippen LogP contribution < -0.4 is 15.0 Å². The first-order chi connectivity index (χ1) is 12.9. The molecule has 0 unspecified atom stereocenters. The number of halogens is 1. The number of rotatable bonds is 6. The summed E-state index contributed by atoms with van der Waals surface area (Å²) in [7, 11) is -3.64. The number of sulfonamides is 1. The topological polar surface area (TPSA) is 77.8 Å². The molecule has 1 aliphatic heterocycles. The molecule has 0 spiro atoms. The van der Waals surface area contributed by atoms with Gasteiger partial charge in [-0.3, -0.25) is 4.79 Å². The van der Waals surface area contributed by atoms with Crippen molar-refractivity contribution in [3.05, 3.63) is 50.9 Å². The summed E-state index contributed by atoms with van der Waals surface area (Å²) < 4.78 is 40.1. The smallest absolute Gasteiger partial charge is 0.250 e. The maximum Gasteiger partial charge on any atom is 0.250 e. The lowest BCUT2D eigenvalue weighted by molar-refractivity contribution is 0.171. The van der Waals surface area contributed by atoms with Gasteiger partial charge in [-0.2, -0.15) is 4.31 Å². The van der Waals surface area contributed by atoms with E-state index >= 15 is 0 Å². The van der Waals surface area contributed by atoms with Crippen LogP contribution in [0.4, 0.5) is 0 Å². The molecule has 0 amide bonds. The molecule has 0 aliphatic carbocycles. The minimum Gasteiger partial charge on any atom is -0.486 e. The SMILES string of the molecule is CCN(CC)S(=O)(=O)c1ccc(=O)n(Cc2cc3c(cc2Br)OCCO3)c1. The summed E-state index contributed by atoms with van der Waals surface area (Å²) in [6.07, 6.45) is 1.39. The van der Waals surface area contributed by atoms with E-state index < -0.39 is 10.0 Å². The third-order valence-electron chi connectivity index (χ3n) is 4.35. The summed E-state index contributed by atoms with van der Waals surface area (Å²) in [6.45, 7) is 5.46. The Morgan fingerprint density at radius 3 is 2.37 bits per heavy atom. The number of hydrogen-bond acceptors (Lipinski definition) is 5. The Morgan fingerprint density at radius 2 is 1.74 bits per heavy atom. The molecule has 3 rings (SSSR count). The molecule has 0 fully saturated rings. The van der Waals surface area contributed by atoms with Gasteiger partial charge in [-0.15, -0.1) is 0 Å². The van der Waals surface area contributed by atoms with Crippen molar-refractivity contribution >= 4 is 26.0 Å². The number of nitrogens with zero attached hydrogens (tertiary/aromatic N) is 2. The minimum atomic E-state index is -3.64. The van der Waals surface area contributed by atoms with Crippen LogP contribution in [0.1, 0.15) is 19.4 Å². The average molecular weight is 457 g/mol. The Bertz CT molecular complexity index is 999. The molecule has 146 valence electrons. The van der Waals surface area contributed by atoms with Gasteiger partial charge in [-0.1, -0.05) is 29.8 Å². The first-order valence-corrected chi connectivity index (χ1v) is 10.9. The highest BCUT2D eigenvalue weighted by molar-refractivity contribution is 9.10. The lowest BCUT2D eigenvalue weighted by Gasteiger charge is -2.21. The second-order valence-corrected chi connectivity index (χ2v) is 8.80. The second kappa shape index (κ2) is 8.04. The van der Waals surface area contributed by atoms with Crippen molar-refractivity contribution in [2.24, 2.45) is 0 Å². The molecule has 9 heteroatoms. The third kappa shape index (κ3) is 4.04. The van der Waals surface area contributed by atoms with Gasteiger partial charge < -0.3 is 14.0 Å². The van der Waals surface area contributed by atoms with Crippen LogP contribution in [0.25, 0.3) is 0 Å². The molecule has 27 heavy (non-hydrogen) atoms. The molecule has 0 saturated heterocycles. The van der Waals surface area contributed by atoms with Gasteiger partial charge in [0, 0.05) is 29.8 Å². The van der Waals surface area contributed by atoms with Gasteiger partial charge in [-0.25, -0.2) is 8.42 Å². The molecule has 0 N–H and O–H groups in total. The highest BCUT2D eigenvalue weighted by Gasteiger charge is 2.22. The number of benzene rings is 1. The molecule has 1 aromatic heterocycles. The van der Waals surface area contributed by atoms with Crippen LogP contribution in [0.3, 0.4) is 0 Å². The van der Waals surface area contributed by atoms with E-state index in [0.29, 0.717) is 37.8 Å². The predicted octanol–water partition coefficient (Wildman–Crippen LogP) is 2.46. The Morgan fingerprint density at radius 1 is 1.11 bits per heavy atom. The fraction of sp³-hybridized carbons (Fsp3) is 0.389. The molecule has 1 aromatic carbocycles. The van der Waals surface area contributed by atoms with Crippen molar-refractivity contribution < 1.29 is 17.9 Å². The second-order valence-electron chi connectivity index (χ2n) is 6.01. The standard InChI is InChI=1S/C18H21BrN2O5S/c1-3-21(4-2)27(23,24)14-5-6-18(22)20(12-14)11-13-9-16-17(10-15(13)19)26-8-7-25-16/h5-6,9-10,12H,3-4,7-8,11H2,1-2H3. The van der Waals surface area contributed by atoms with E-state index in [9.17, 15) is 13.2 Å². The minimum absolute atomic E-state index is 0.0967. The van der Waals surface area contributed by atoms with Crippen molar-refractivity contribution in [2.75, 3.05) is 26.3 Å². The van der Waals surface area contributed by atoms with Crippen LogP contribution in [-0.4, -0.2) is 43.6 Å². The van der Waals surface area contributed by atoms with E-state index in [1.807, 2.05) is 0 Å². The zero-order valence-electron chi connectivity index (χ0n) is 15.1. The number of pyridine rings is 1. The summed E-state index contributed by atoms with van der Waals surface area (Å²) in [5.41, 5.74) is 0.508. The molecular weight excluding hydrogens is 436 g/mol. The molecule has 2 aromatic rings. The van der Waals surface area contributed by atoms with Gasteiger partial charge in [0.15, 0.2) is 11.5 Å². The summed E-state index contributed by atoms with van der Waals surface area (Å²) >= 11 is 3.48. The fourth-order valence-electron chi connectivity index (χ4n) is 2.91. The maximum atomic E-state index is 12.7. The molecule has 0 radical (unpaired) electrons. The van der Waals surface area contributed by atoms with Gasteiger partial charge in [0.2, 0.25) is 10.0 Å². The van der Waals surface area contributed by atoms with Crippen molar-refractivity contribution in [1.29, 1.82) is 0 Å². The van der Waals surface area contributed by atoms with Crippen LogP contribution in [-0.2, 0) is 16.6 Å². The van der Waals surface area contributed by atoms with Gasteiger partial charge in [0.25, 0.3) is 5.56 Å². The maximum absolute atomic E-state index is 12.7. The van der Waals surface area contributed by atoms with Crippen LogP contribution in [0.2, 0.25) is 0 Å². The molecule has 0 bridgehead atoms. The Kier molecular flexibility index (Phi) is 5.92. The predicted molar refractivity (Wildman–Crippen MR) is 105 cm³/mol. The molecule has 7 nitrogen and oxygen atoms in total. The fourth-order valence-corrected chi connectivity index (χ4v) is 4.84. The number of ether oxygens (including phenoxy) is 2. The Balaban J connectivity index is 1.98. The van der Waals surface area contributed by atoms with Crippen molar-refractivity contribution in [1.82, 2.24) is 8.87 Å². The Hall–Kier alpha value is -1.84. The third-order valence-corrected chi connectivity index (χ3v) is 7.12. The quantitative estimate of drug-likeness (QED) is 0.666. The van der Waals surface area contributed by atoms with Crippen molar-refractivity contribution in [3.8, 4) is 11.5 Å². The number of hydrogen-bond donors (Lipinski definition) is 0. The van der Waals surface area contributed by atoms with E-state index in [2.05, 4.69) is 15.9 Å². The first-order valence-electron chi connectivity index (χ1n) is 8.65. The zero-order valence-corrected chi connectivity index (χ0v) is 17.5. The summed E-state index contributed by atoms with van der Waals surface area (Å²) in [5.74, 6) is 1.25. The lowest BCUT2D eigenvalue weighted by Crippen LogP contribution is -2.32. The van der Waals surface area contributed by atoms with Crippen molar-refractivity contribution in [2.45, 2.75) is 25.3 Å². The van der Waals surface area contributed by atoms with Crippen LogP contribution in [0.15, 0.2) is 44.6 Å². The van der Waals surface area contributed by atoms with Gasteiger partial charge >= 0.3 is 0 Å². The molecule has 0 atom stereocenters. The highest BCUT2D eigenvalue weighted by Crippen LogP contribution is 2.35. The van der Waals surface area contributed by atoms with E-state index in [1.165, 1.54) is 27.2 Å². The van der Waals surface area contributed by atoms with Gasteiger partial charge in [-0.05, 0) is 23.8 Å². The lowest BCUT2D eigenvalue weighted by atomic mass is 10.2. The highest BCUT2D eigenvalue weighted by atomic mass is 79.9. The zero-order chi connectivity index (χ0) is 19.6. The normalized spacial score (nSPS) is 13.8. The molecule has 0 saturated carbocycles. The summed E-state index contributed by atoms with van der Waals surface area (Å²) in [4.78, 5) is 12.4. The molecule has 1 aliphatic rings. The Labute approximate surface area is 166 Å². The van der Waals surface area contributed by atoms with Crippen LogP contribution >= 0.6 is 15.9 Å². The van der Waals surface area contributed by atoms with Gasteiger partial charge in [0.05, 0.1) is 11.4 Å². The monoisotopic (exact) mass is 456 g/mol. The number of fused-ring (bicyclic) bond motifs is 1. The van der Waals surface area contributed by atoms with E-state index in [0.717, 1.165) is 10.0 Å². The van der Waals surface area contributed by atoms with Gasteiger partial charge in [0.1, 0.15) is 13.2 Å². The van der Waals surface area contributed by atoms with Crippen LogP contribution in [0.5, 0.6) is 11.5 Å². The summed E-state index contributed by atoms with van der Waals surface area (Å²) in [5, 5.41) is 0. The number of aromatic nitrogens is 1. The van der Waals surface area contributed by atoms with E-state index in [1.54, 1.807) is 26.0 Å². The first kappa shape index (κ1) is 19.9. The van der Waals surface area contributed by atoms with E-state index in [4.69, 9.17) is 9.47 Å².